The number of benzene rings is 7. The van der Waals surface area contributed by atoms with Crippen molar-refractivity contribution in [2.45, 2.75) is 0 Å². The number of nitrogens with zero attached hydrogens (tertiary/aromatic N) is 1. The molecule has 0 N–H and O–H groups in total. The molecule has 0 fully saturated rings. The predicted molar refractivity (Wildman–Crippen MR) is 193 cm³/mol. The standard InChI is InChI=1S/C43H25NOS/c44-26-31-9-1-2-12-32(31)27-10-7-11-30(23-27)43-33(28-19-21-40-37(24-28)35-13-3-5-17-39(35)45-40)15-8-16-34(43)29-20-22-42-38(25-29)36-14-4-6-18-41(36)46-42/h1-25H. The summed E-state index contributed by atoms with van der Waals surface area (Å²) in [6.07, 6.45) is 0. The van der Waals surface area contributed by atoms with Crippen molar-refractivity contribution in [2.75, 3.05) is 0 Å². The smallest absolute Gasteiger partial charge is 0.135 e. The Bertz CT molecular complexity index is 2540. The van der Waals surface area contributed by atoms with Gasteiger partial charge in [-0.2, -0.15) is 5.26 Å². The molecule has 0 saturated carbocycles. The summed E-state index contributed by atoms with van der Waals surface area (Å²) >= 11 is 1.84. The topological polar surface area (TPSA) is 36.9 Å². The molecule has 2 heterocycles. The van der Waals surface area contributed by atoms with Gasteiger partial charge in [-0.1, -0.05) is 103 Å². The molecule has 214 valence electrons. The number of rotatable bonds is 4. The molecule has 2 aromatic heterocycles. The van der Waals surface area contributed by atoms with Crippen LogP contribution in [-0.2, 0) is 0 Å². The summed E-state index contributed by atoms with van der Waals surface area (Å²) < 4.78 is 8.77. The lowest BCUT2D eigenvalue weighted by molar-refractivity contribution is 0.669. The Balaban J connectivity index is 1.31. The van der Waals surface area contributed by atoms with Gasteiger partial charge >= 0.3 is 0 Å². The van der Waals surface area contributed by atoms with Crippen LogP contribution in [0.1, 0.15) is 5.56 Å². The van der Waals surface area contributed by atoms with Gasteiger partial charge in [0.2, 0.25) is 0 Å². The Kier molecular flexibility index (Phi) is 6.09. The van der Waals surface area contributed by atoms with Crippen LogP contribution in [-0.4, -0.2) is 0 Å². The molecule has 0 atom stereocenters. The Morgan fingerprint density at radius 2 is 1.04 bits per heavy atom. The van der Waals surface area contributed by atoms with Crippen LogP contribution in [0.2, 0.25) is 0 Å². The summed E-state index contributed by atoms with van der Waals surface area (Å²) in [6.45, 7) is 0. The summed E-state index contributed by atoms with van der Waals surface area (Å²) in [6, 6.07) is 55.6. The molecule has 9 aromatic rings. The fraction of sp³-hybridized carbons (Fsp3) is 0. The number of para-hydroxylation sites is 1. The minimum Gasteiger partial charge on any atom is -0.456 e. The van der Waals surface area contributed by atoms with Crippen LogP contribution in [0.3, 0.4) is 0 Å². The molecule has 0 aliphatic rings. The van der Waals surface area contributed by atoms with E-state index in [4.69, 9.17) is 4.42 Å². The van der Waals surface area contributed by atoms with E-state index in [9.17, 15) is 5.26 Å². The summed E-state index contributed by atoms with van der Waals surface area (Å²) in [7, 11) is 0. The van der Waals surface area contributed by atoms with E-state index in [1.165, 1.54) is 25.7 Å². The molecule has 2 nitrogen and oxygen atoms in total. The molecule has 0 bridgehead atoms. The zero-order valence-electron chi connectivity index (χ0n) is 24.7. The summed E-state index contributed by atoms with van der Waals surface area (Å²) in [5.41, 5.74) is 11.3. The van der Waals surface area contributed by atoms with Crippen LogP contribution in [0.15, 0.2) is 156 Å². The zero-order valence-corrected chi connectivity index (χ0v) is 25.5. The molecule has 0 radical (unpaired) electrons. The Hall–Kier alpha value is -5.95. The van der Waals surface area contributed by atoms with Crippen molar-refractivity contribution >= 4 is 53.4 Å². The maximum Gasteiger partial charge on any atom is 0.135 e. The fourth-order valence-corrected chi connectivity index (χ4v) is 7.89. The molecule has 9 rings (SSSR count). The van der Waals surface area contributed by atoms with Gasteiger partial charge in [0, 0.05) is 30.9 Å². The van der Waals surface area contributed by atoms with E-state index in [2.05, 4.69) is 121 Å². The third kappa shape index (κ3) is 4.24. The predicted octanol–water partition coefficient (Wildman–Crippen LogP) is 12.5. The molecular formula is C43H25NOS. The zero-order chi connectivity index (χ0) is 30.6. The van der Waals surface area contributed by atoms with Gasteiger partial charge < -0.3 is 4.42 Å². The van der Waals surface area contributed by atoms with Crippen LogP contribution in [0.5, 0.6) is 0 Å². The van der Waals surface area contributed by atoms with Crippen molar-refractivity contribution < 1.29 is 4.42 Å². The minimum atomic E-state index is 0.667. The van der Waals surface area contributed by atoms with Crippen LogP contribution >= 0.6 is 11.3 Å². The van der Waals surface area contributed by atoms with Gasteiger partial charge in [-0.15, -0.1) is 11.3 Å². The molecule has 0 aliphatic heterocycles. The third-order valence-corrected chi connectivity index (χ3v) is 10.1. The van der Waals surface area contributed by atoms with Crippen molar-refractivity contribution in [1.29, 1.82) is 5.26 Å². The van der Waals surface area contributed by atoms with E-state index in [0.717, 1.165) is 60.9 Å². The largest absolute Gasteiger partial charge is 0.456 e. The van der Waals surface area contributed by atoms with Gasteiger partial charge in [-0.25, -0.2) is 0 Å². The Morgan fingerprint density at radius 3 is 1.91 bits per heavy atom. The molecule has 0 unspecified atom stereocenters. The van der Waals surface area contributed by atoms with Crippen LogP contribution in [0, 0.1) is 11.3 Å². The first-order valence-electron chi connectivity index (χ1n) is 15.3. The minimum absolute atomic E-state index is 0.667. The second-order valence-electron chi connectivity index (χ2n) is 11.6. The number of nitriles is 1. The van der Waals surface area contributed by atoms with E-state index >= 15 is 0 Å². The first-order valence-corrected chi connectivity index (χ1v) is 16.1. The number of furan rings is 1. The first-order chi connectivity index (χ1) is 22.7. The van der Waals surface area contributed by atoms with Gasteiger partial charge in [0.15, 0.2) is 0 Å². The quantitative estimate of drug-likeness (QED) is 0.201. The lowest BCUT2D eigenvalue weighted by Crippen LogP contribution is -1.92. The van der Waals surface area contributed by atoms with Gasteiger partial charge in [0.1, 0.15) is 11.2 Å². The highest BCUT2D eigenvalue weighted by Gasteiger charge is 2.18. The van der Waals surface area contributed by atoms with Crippen molar-refractivity contribution in [3.8, 4) is 50.6 Å². The Labute approximate surface area is 270 Å². The van der Waals surface area contributed by atoms with E-state index < -0.39 is 0 Å². The van der Waals surface area contributed by atoms with Crippen molar-refractivity contribution in [3.05, 3.63) is 157 Å². The van der Waals surface area contributed by atoms with E-state index in [0.29, 0.717) is 5.56 Å². The third-order valence-electron chi connectivity index (χ3n) is 8.95. The van der Waals surface area contributed by atoms with Gasteiger partial charge in [-0.3, -0.25) is 0 Å². The van der Waals surface area contributed by atoms with E-state index in [1.54, 1.807) is 0 Å². The van der Waals surface area contributed by atoms with Crippen LogP contribution in [0.4, 0.5) is 0 Å². The maximum atomic E-state index is 9.88. The maximum absolute atomic E-state index is 9.88. The first kappa shape index (κ1) is 26.5. The molecule has 0 aliphatic carbocycles. The highest BCUT2D eigenvalue weighted by molar-refractivity contribution is 7.25. The van der Waals surface area contributed by atoms with Crippen molar-refractivity contribution in [1.82, 2.24) is 0 Å². The summed E-state index contributed by atoms with van der Waals surface area (Å²) in [5, 5.41) is 14.7. The number of hydrogen-bond donors (Lipinski definition) is 0. The summed E-state index contributed by atoms with van der Waals surface area (Å²) in [5.74, 6) is 0. The monoisotopic (exact) mass is 603 g/mol. The Morgan fingerprint density at radius 1 is 0.435 bits per heavy atom. The molecular weight excluding hydrogens is 579 g/mol. The molecule has 0 amide bonds. The highest BCUT2D eigenvalue weighted by atomic mass is 32.1. The number of thiophene rings is 1. The van der Waals surface area contributed by atoms with Crippen LogP contribution < -0.4 is 0 Å². The average Bonchev–Trinajstić information content (AvgIpc) is 3.69. The average molecular weight is 604 g/mol. The molecule has 0 saturated heterocycles. The fourth-order valence-electron chi connectivity index (χ4n) is 6.81. The molecule has 46 heavy (non-hydrogen) atoms. The van der Waals surface area contributed by atoms with Gasteiger partial charge in [0.05, 0.1) is 11.6 Å². The van der Waals surface area contributed by atoms with E-state index in [-0.39, 0.29) is 0 Å². The second kappa shape index (κ2) is 10.6. The number of hydrogen-bond acceptors (Lipinski definition) is 3. The second-order valence-corrected chi connectivity index (χ2v) is 12.7. The lowest BCUT2D eigenvalue weighted by Gasteiger charge is -2.18. The van der Waals surface area contributed by atoms with Crippen molar-refractivity contribution in [3.63, 3.8) is 0 Å². The van der Waals surface area contributed by atoms with Crippen LogP contribution in [0.25, 0.3) is 86.6 Å². The molecule has 0 spiro atoms. The van der Waals surface area contributed by atoms with Gasteiger partial charge in [-0.05, 0) is 93.0 Å². The molecule has 7 aromatic carbocycles. The summed E-state index contributed by atoms with van der Waals surface area (Å²) in [4.78, 5) is 0. The number of fused-ring (bicyclic) bond motifs is 6. The lowest BCUT2D eigenvalue weighted by atomic mass is 9.86. The highest BCUT2D eigenvalue weighted by Crippen LogP contribution is 2.44. The normalized spacial score (nSPS) is 11.5. The van der Waals surface area contributed by atoms with E-state index in [1.807, 2.05) is 47.7 Å². The van der Waals surface area contributed by atoms with Crippen molar-refractivity contribution in [2.24, 2.45) is 0 Å². The molecule has 3 heteroatoms. The SMILES string of the molecule is N#Cc1ccccc1-c1cccc(-c2c(-c3ccc4oc5ccccc5c4c3)cccc2-c2ccc3sc4ccccc4c3c2)c1. The van der Waals surface area contributed by atoms with Gasteiger partial charge in [0.25, 0.3) is 0 Å².